The van der Waals surface area contributed by atoms with E-state index in [1.54, 1.807) is 20.0 Å². The van der Waals surface area contributed by atoms with Crippen LogP contribution in [0.2, 0.25) is 0 Å². The Balaban J connectivity index is 1.59. The number of benzene rings is 1. The number of aromatic nitrogens is 4. The van der Waals surface area contributed by atoms with Crippen LogP contribution in [-0.4, -0.2) is 86.6 Å². The predicted molar refractivity (Wildman–Crippen MR) is 141 cm³/mol. The first-order valence-corrected chi connectivity index (χ1v) is 15.5. The number of aryl methyl sites for hydroxylation is 2. The van der Waals surface area contributed by atoms with E-state index in [0.29, 0.717) is 60.7 Å². The second-order valence-corrected chi connectivity index (χ2v) is 12.5. The summed E-state index contributed by atoms with van der Waals surface area (Å²) in [6, 6.07) is 4.08. The molecule has 0 spiro atoms. The van der Waals surface area contributed by atoms with E-state index in [0.717, 1.165) is 12.7 Å². The van der Waals surface area contributed by atoms with Crippen molar-refractivity contribution >= 4 is 31.2 Å². The Kier molecular flexibility index (Phi) is 8.23. The number of nitrogens with zero attached hydrogens (tertiary/aromatic N) is 4. The number of fused-ring (bicyclic) bond motifs is 1. The average Bonchev–Trinajstić information content (AvgIpc) is 3.12. The van der Waals surface area contributed by atoms with Crippen LogP contribution in [-0.2, 0) is 37.8 Å². The van der Waals surface area contributed by atoms with Crippen LogP contribution in [0.25, 0.3) is 22.4 Å². The summed E-state index contributed by atoms with van der Waals surface area (Å²) in [7, 11) is -5.74. The summed E-state index contributed by atoms with van der Waals surface area (Å²) in [5.74, 6) is 0.574. The minimum atomic E-state index is -3.91. The third-order valence-electron chi connectivity index (χ3n) is 6.05. The van der Waals surface area contributed by atoms with Crippen LogP contribution in [0.4, 0.5) is 0 Å². The molecule has 1 aliphatic heterocycles. The maximum Gasteiger partial charge on any atom is 0.277 e. The lowest BCUT2D eigenvalue weighted by Crippen LogP contribution is -2.59. The molecule has 2 N–H and O–H groups in total. The van der Waals surface area contributed by atoms with Gasteiger partial charge in [0.1, 0.15) is 17.1 Å². The highest BCUT2D eigenvalue weighted by Crippen LogP contribution is 2.31. The molecule has 3 aromatic rings. The Hall–Kier alpha value is -2.85. The summed E-state index contributed by atoms with van der Waals surface area (Å²) in [4.78, 5) is 22.2. The van der Waals surface area contributed by atoms with Gasteiger partial charge in [0.15, 0.2) is 5.52 Å². The van der Waals surface area contributed by atoms with E-state index in [9.17, 15) is 21.6 Å². The molecule has 2 aromatic heterocycles. The van der Waals surface area contributed by atoms with Gasteiger partial charge in [0.25, 0.3) is 15.7 Å². The standard InChI is InChI=1S/C23H32N6O7S2/c1-5-7-18-20-21(28(3)26-18)23(30)25-22(24-20)17-12-16(8-9-19(17)35-6-2)38(33,34)27-15-13-29(14-15)10-11-36-37(4,31)32/h8-9,12,15,27H,5-7,10-11,13-14H2,1-4H3,(H,24,25,30). The fraction of sp³-hybridized carbons (Fsp3) is 0.522. The van der Waals surface area contributed by atoms with Crippen LogP contribution in [0.1, 0.15) is 26.0 Å². The van der Waals surface area contributed by atoms with Gasteiger partial charge < -0.3 is 9.72 Å². The van der Waals surface area contributed by atoms with Crippen molar-refractivity contribution < 1.29 is 25.8 Å². The fourth-order valence-electron chi connectivity index (χ4n) is 4.35. The molecule has 0 bridgehead atoms. The molecule has 1 aromatic carbocycles. The predicted octanol–water partition coefficient (Wildman–Crippen LogP) is 0.614. The van der Waals surface area contributed by atoms with Crippen molar-refractivity contribution in [3.05, 3.63) is 34.2 Å². The number of aromatic amines is 1. The highest BCUT2D eigenvalue weighted by Gasteiger charge is 2.31. The second kappa shape index (κ2) is 11.1. The molecule has 1 aliphatic rings. The molecule has 0 amide bonds. The van der Waals surface area contributed by atoms with Gasteiger partial charge >= 0.3 is 0 Å². The van der Waals surface area contributed by atoms with Crippen LogP contribution in [0.3, 0.4) is 0 Å². The van der Waals surface area contributed by atoms with E-state index in [-0.39, 0.29) is 28.9 Å². The molecule has 3 heterocycles. The number of hydrogen-bond donors (Lipinski definition) is 2. The Morgan fingerprint density at radius 3 is 2.58 bits per heavy atom. The summed E-state index contributed by atoms with van der Waals surface area (Å²) >= 11 is 0. The van der Waals surface area contributed by atoms with Crippen molar-refractivity contribution in [1.29, 1.82) is 0 Å². The molecule has 208 valence electrons. The van der Waals surface area contributed by atoms with Crippen LogP contribution in [0, 0.1) is 0 Å². The molecule has 1 saturated heterocycles. The topological polar surface area (TPSA) is 166 Å². The summed E-state index contributed by atoms with van der Waals surface area (Å²) in [6.45, 7) is 5.36. The monoisotopic (exact) mass is 568 g/mol. The number of hydrogen-bond acceptors (Lipinski definition) is 10. The summed E-state index contributed by atoms with van der Waals surface area (Å²) in [5, 5.41) is 4.43. The number of likely N-dealkylation sites (tertiary alicyclic amines) is 1. The third kappa shape index (κ3) is 6.23. The first kappa shape index (κ1) is 28.2. The minimum absolute atomic E-state index is 0.00229. The zero-order valence-corrected chi connectivity index (χ0v) is 23.4. The molecule has 13 nitrogen and oxygen atoms in total. The number of rotatable bonds is 12. The zero-order valence-electron chi connectivity index (χ0n) is 21.7. The molecule has 0 saturated carbocycles. The lowest BCUT2D eigenvalue weighted by atomic mass is 10.1. The van der Waals surface area contributed by atoms with E-state index in [1.165, 1.54) is 16.8 Å². The van der Waals surface area contributed by atoms with E-state index in [2.05, 4.69) is 19.8 Å². The van der Waals surface area contributed by atoms with Crippen molar-refractivity contribution in [1.82, 2.24) is 29.4 Å². The van der Waals surface area contributed by atoms with E-state index in [1.807, 2.05) is 11.8 Å². The molecular formula is C23H32N6O7S2. The molecule has 0 atom stereocenters. The van der Waals surface area contributed by atoms with Gasteiger partial charge in [0, 0.05) is 32.7 Å². The molecule has 15 heteroatoms. The van der Waals surface area contributed by atoms with Gasteiger partial charge in [0.2, 0.25) is 10.0 Å². The summed E-state index contributed by atoms with van der Waals surface area (Å²) < 4.78 is 63.2. The fourth-order valence-corrected chi connectivity index (χ4v) is 5.98. The van der Waals surface area contributed by atoms with Crippen molar-refractivity contribution in [2.45, 2.75) is 37.6 Å². The van der Waals surface area contributed by atoms with Gasteiger partial charge in [-0.3, -0.25) is 18.6 Å². The van der Waals surface area contributed by atoms with Gasteiger partial charge in [-0.2, -0.15) is 13.5 Å². The molecule has 0 unspecified atom stereocenters. The van der Waals surface area contributed by atoms with Gasteiger partial charge in [-0.15, -0.1) is 0 Å². The Bertz CT molecular complexity index is 1590. The van der Waals surface area contributed by atoms with Crippen molar-refractivity contribution in [2.75, 3.05) is 39.1 Å². The number of sulfonamides is 1. The quantitative estimate of drug-likeness (QED) is 0.296. The normalized spacial score (nSPS) is 15.2. The Morgan fingerprint density at radius 2 is 1.92 bits per heavy atom. The largest absolute Gasteiger partial charge is 0.493 e. The van der Waals surface area contributed by atoms with Crippen molar-refractivity contribution in [2.24, 2.45) is 7.05 Å². The zero-order chi connectivity index (χ0) is 27.7. The average molecular weight is 569 g/mol. The van der Waals surface area contributed by atoms with Crippen LogP contribution < -0.4 is 15.0 Å². The maximum atomic E-state index is 13.2. The van der Waals surface area contributed by atoms with Gasteiger partial charge in [-0.25, -0.2) is 18.1 Å². The first-order valence-electron chi connectivity index (χ1n) is 12.2. The maximum absolute atomic E-state index is 13.2. The van der Waals surface area contributed by atoms with Crippen molar-refractivity contribution in [3.8, 4) is 17.1 Å². The van der Waals surface area contributed by atoms with Crippen LogP contribution in [0.5, 0.6) is 5.75 Å². The van der Waals surface area contributed by atoms with E-state index < -0.39 is 20.1 Å². The van der Waals surface area contributed by atoms with Crippen molar-refractivity contribution in [3.63, 3.8) is 0 Å². The van der Waals surface area contributed by atoms with E-state index in [4.69, 9.17) is 8.92 Å². The smallest absolute Gasteiger partial charge is 0.277 e. The summed E-state index contributed by atoms with van der Waals surface area (Å²) in [5.41, 5.74) is 1.46. The van der Waals surface area contributed by atoms with Gasteiger partial charge in [-0.05, 0) is 31.5 Å². The molecule has 38 heavy (non-hydrogen) atoms. The SMILES string of the molecule is CCCc1nn(C)c2c(=O)[nH]c(-c3cc(S(=O)(=O)NC4CN(CCOS(C)(=O)=O)C4)ccc3OCC)nc12. The lowest BCUT2D eigenvalue weighted by molar-refractivity contribution is 0.118. The number of nitrogens with one attached hydrogen (secondary N) is 2. The molecule has 1 fully saturated rings. The second-order valence-electron chi connectivity index (χ2n) is 9.13. The first-order chi connectivity index (χ1) is 17.9. The Labute approximate surface area is 221 Å². The van der Waals surface area contributed by atoms with Crippen LogP contribution in [0.15, 0.2) is 27.9 Å². The number of H-pyrrole nitrogens is 1. The lowest BCUT2D eigenvalue weighted by Gasteiger charge is -2.39. The minimum Gasteiger partial charge on any atom is -0.493 e. The Morgan fingerprint density at radius 1 is 1.18 bits per heavy atom. The molecular weight excluding hydrogens is 536 g/mol. The van der Waals surface area contributed by atoms with Gasteiger partial charge in [-0.1, -0.05) is 13.3 Å². The van der Waals surface area contributed by atoms with Crippen LogP contribution >= 0.6 is 0 Å². The molecule has 0 radical (unpaired) electrons. The highest BCUT2D eigenvalue weighted by atomic mass is 32.2. The third-order valence-corrected chi connectivity index (χ3v) is 8.16. The summed E-state index contributed by atoms with van der Waals surface area (Å²) in [6.07, 6.45) is 2.45. The molecule has 0 aliphatic carbocycles. The van der Waals surface area contributed by atoms with Gasteiger partial charge in [0.05, 0.1) is 35.6 Å². The highest BCUT2D eigenvalue weighted by molar-refractivity contribution is 7.89. The molecule has 4 rings (SSSR count). The van der Waals surface area contributed by atoms with E-state index >= 15 is 0 Å². The number of ether oxygens (including phenoxy) is 1.